The molecule has 1 amide bonds. The molecular weight excluding hydrogens is 345 g/mol. The van der Waals surface area contributed by atoms with Crippen LogP contribution in [0.3, 0.4) is 0 Å². The van der Waals surface area contributed by atoms with Gasteiger partial charge in [0.2, 0.25) is 5.43 Å². The minimum atomic E-state index is -0.608. The number of carbonyl (C=O) groups excluding carboxylic acids is 1. The number of rotatable bonds is 3. The topological polar surface area (TPSA) is 64.0 Å². The first kappa shape index (κ1) is 17.1. The van der Waals surface area contributed by atoms with Gasteiger partial charge in [-0.1, -0.05) is 18.2 Å². The average Bonchev–Trinajstić information content (AvgIpc) is 3.10. The number of halogens is 1. The van der Waals surface area contributed by atoms with Gasteiger partial charge in [0, 0.05) is 17.4 Å². The number of nitrogens with zero attached hydrogens (tertiary/aromatic N) is 2. The van der Waals surface area contributed by atoms with Crippen molar-refractivity contribution in [3.63, 3.8) is 0 Å². The van der Waals surface area contributed by atoms with Crippen LogP contribution in [0.25, 0.3) is 5.69 Å². The first-order valence-corrected chi connectivity index (χ1v) is 8.82. The number of nitrogens with one attached hydrogen (secondary N) is 1. The van der Waals surface area contributed by atoms with Gasteiger partial charge in [-0.15, -0.1) is 0 Å². The zero-order chi connectivity index (χ0) is 19.0. The predicted octanol–water partition coefficient (Wildman–Crippen LogP) is 3.42. The Morgan fingerprint density at radius 1 is 1.11 bits per heavy atom. The fraction of sp³-hybridized carbons (Fsp3) is 0.190. The molecule has 0 bridgehead atoms. The van der Waals surface area contributed by atoms with E-state index in [9.17, 15) is 14.0 Å². The van der Waals surface area contributed by atoms with E-state index in [-0.39, 0.29) is 11.4 Å². The largest absolute Gasteiger partial charge is 0.320 e. The van der Waals surface area contributed by atoms with E-state index in [0.717, 1.165) is 19.3 Å². The summed E-state index contributed by atoms with van der Waals surface area (Å²) in [6.45, 7) is 1.64. The maximum atomic E-state index is 14.1. The van der Waals surface area contributed by atoms with Crippen molar-refractivity contribution in [2.75, 3.05) is 5.32 Å². The molecule has 1 aliphatic rings. The molecule has 1 aromatic heterocycles. The molecule has 1 aliphatic carbocycles. The van der Waals surface area contributed by atoms with Gasteiger partial charge >= 0.3 is 0 Å². The monoisotopic (exact) mass is 363 g/mol. The Balaban J connectivity index is 1.69. The number of carbonyl (C=O) groups is 1. The Hall–Kier alpha value is -3.28. The van der Waals surface area contributed by atoms with E-state index in [4.69, 9.17) is 0 Å². The van der Waals surface area contributed by atoms with Crippen molar-refractivity contribution < 1.29 is 9.18 Å². The number of benzene rings is 2. The number of aromatic nitrogens is 2. The van der Waals surface area contributed by atoms with Crippen LogP contribution in [-0.4, -0.2) is 15.7 Å². The second-order valence-corrected chi connectivity index (χ2v) is 6.65. The van der Waals surface area contributed by atoms with Crippen LogP contribution in [0.15, 0.2) is 53.3 Å². The molecule has 0 radical (unpaired) electrons. The van der Waals surface area contributed by atoms with Crippen molar-refractivity contribution >= 4 is 11.6 Å². The van der Waals surface area contributed by atoms with Crippen molar-refractivity contribution in [3.8, 4) is 5.69 Å². The molecule has 1 N–H and O–H groups in total. The van der Waals surface area contributed by atoms with Crippen molar-refractivity contribution in [3.05, 3.63) is 87.1 Å². The average molecular weight is 363 g/mol. The first-order chi connectivity index (χ1) is 13.0. The summed E-state index contributed by atoms with van der Waals surface area (Å²) in [5.74, 6) is -1.09. The van der Waals surface area contributed by atoms with Crippen LogP contribution in [0, 0.1) is 12.7 Å². The summed E-state index contributed by atoms with van der Waals surface area (Å²) in [5.41, 5.74) is 2.99. The lowest BCUT2D eigenvalue weighted by atomic mass is 10.1. The molecule has 0 atom stereocenters. The Labute approximate surface area is 155 Å². The first-order valence-electron chi connectivity index (χ1n) is 8.82. The SMILES string of the molecule is Cc1cc(=O)c(C(=O)Nc2ccc3c(c2)CCC3)nn1-c1ccccc1F. The van der Waals surface area contributed by atoms with Gasteiger partial charge in [-0.3, -0.25) is 9.59 Å². The minimum Gasteiger partial charge on any atom is -0.320 e. The van der Waals surface area contributed by atoms with E-state index in [1.807, 2.05) is 18.2 Å². The minimum absolute atomic E-state index is 0.182. The summed E-state index contributed by atoms with van der Waals surface area (Å²) in [6.07, 6.45) is 3.15. The van der Waals surface area contributed by atoms with E-state index in [0.29, 0.717) is 11.4 Å². The third-order valence-electron chi connectivity index (χ3n) is 4.76. The van der Waals surface area contributed by atoms with Crippen LogP contribution in [0.5, 0.6) is 0 Å². The van der Waals surface area contributed by atoms with E-state index in [1.54, 1.807) is 25.1 Å². The maximum absolute atomic E-state index is 14.1. The zero-order valence-corrected chi connectivity index (χ0v) is 14.8. The van der Waals surface area contributed by atoms with E-state index < -0.39 is 17.2 Å². The number of para-hydroxylation sites is 1. The van der Waals surface area contributed by atoms with Crippen LogP contribution in [0.2, 0.25) is 0 Å². The second kappa shape index (κ2) is 6.79. The van der Waals surface area contributed by atoms with Crippen molar-refractivity contribution in [2.45, 2.75) is 26.2 Å². The molecule has 136 valence electrons. The van der Waals surface area contributed by atoms with Crippen LogP contribution in [0.1, 0.15) is 33.7 Å². The van der Waals surface area contributed by atoms with Crippen LogP contribution < -0.4 is 10.7 Å². The molecule has 0 saturated carbocycles. The molecule has 4 rings (SSSR count). The fourth-order valence-electron chi connectivity index (χ4n) is 3.41. The fourth-order valence-corrected chi connectivity index (χ4v) is 3.41. The highest BCUT2D eigenvalue weighted by atomic mass is 19.1. The molecule has 3 aromatic rings. The van der Waals surface area contributed by atoms with Crippen molar-refractivity contribution in [1.82, 2.24) is 9.78 Å². The Morgan fingerprint density at radius 3 is 2.70 bits per heavy atom. The van der Waals surface area contributed by atoms with Gasteiger partial charge in [0.15, 0.2) is 5.69 Å². The molecule has 1 heterocycles. The number of amides is 1. The Kier molecular flexibility index (Phi) is 4.32. The van der Waals surface area contributed by atoms with E-state index >= 15 is 0 Å². The van der Waals surface area contributed by atoms with Gasteiger partial charge in [0.05, 0.1) is 0 Å². The molecule has 27 heavy (non-hydrogen) atoms. The zero-order valence-electron chi connectivity index (χ0n) is 14.8. The Morgan fingerprint density at radius 2 is 1.89 bits per heavy atom. The second-order valence-electron chi connectivity index (χ2n) is 6.65. The van der Waals surface area contributed by atoms with Gasteiger partial charge in [0.1, 0.15) is 11.5 Å². The number of hydrogen-bond acceptors (Lipinski definition) is 3. The van der Waals surface area contributed by atoms with E-state index in [2.05, 4.69) is 10.4 Å². The van der Waals surface area contributed by atoms with Crippen LogP contribution in [-0.2, 0) is 12.8 Å². The Bertz CT molecular complexity index is 1100. The van der Waals surface area contributed by atoms with Gasteiger partial charge < -0.3 is 5.32 Å². The summed E-state index contributed by atoms with van der Waals surface area (Å²) >= 11 is 0. The maximum Gasteiger partial charge on any atom is 0.280 e. The van der Waals surface area contributed by atoms with E-state index in [1.165, 1.54) is 27.9 Å². The smallest absolute Gasteiger partial charge is 0.280 e. The summed E-state index contributed by atoms with van der Waals surface area (Å²) < 4.78 is 15.4. The third-order valence-corrected chi connectivity index (χ3v) is 4.76. The molecule has 6 heteroatoms. The quantitative estimate of drug-likeness (QED) is 0.775. The van der Waals surface area contributed by atoms with Gasteiger partial charge in [-0.05, 0) is 61.6 Å². The molecule has 0 saturated heterocycles. The molecule has 0 spiro atoms. The summed E-state index contributed by atoms with van der Waals surface area (Å²) in [5, 5.41) is 6.86. The highest BCUT2D eigenvalue weighted by Crippen LogP contribution is 2.25. The highest BCUT2D eigenvalue weighted by Gasteiger charge is 2.18. The van der Waals surface area contributed by atoms with Crippen LogP contribution in [0.4, 0.5) is 10.1 Å². The van der Waals surface area contributed by atoms with Gasteiger partial charge in [-0.25, -0.2) is 9.07 Å². The molecule has 0 fully saturated rings. The van der Waals surface area contributed by atoms with Gasteiger partial charge in [0.25, 0.3) is 5.91 Å². The van der Waals surface area contributed by atoms with Crippen molar-refractivity contribution in [1.29, 1.82) is 0 Å². The van der Waals surface area contributed by atoms with Crippen molar-refractivity contribution in [2.24, 2.45) is 0 Å². The molecular formula is C21H18FN3O2. The lowest BCUT2D eigenvalue weighted by Crippen LogP contribution is -2.27. The van der Waals surface area contributed by atoms with Crippen LogP contribution >= 0.6 is 0 Å². The standard InChI is InChI=1S/C21H18FN3O2/c1-13-11-19(26)20(24-25(13)18-8-3-2-7-17(18)22)21(27)23-16-10-9-14-5-4-6-15(14)12-16/h2-3,7-12H,4-6H2,1H3,(H,23,27). The number of fused-ring (bicyclic) bond motifs is 1. The highest BCUT2D eigenvalue weighted by molar-refractivity contribution is 6.02. The molecule has 2 aromatic carbocycles. The third kappa shape index (κ3) is 3.26. The lowest BCUT2D eigenvalue weighted by molar-refractivity contribution is 0.101. The molecule has 0 unspecified atom stereocenters. The summed E-state index contributed by atoms with van der Waals surface area (Å²) in [7, 11) is 0. The number of anilines is 1. The summed E-state index contributed by atoms with van der Waals surface area (Å²) in [4.78, 5) is 24.9. The lowest BCUT2D eigenvalue weighted by Gasteiger charge is -2.12. The number of aryl methyl sites for hydroxylation is 3. The normalized spacial score (nSPS) is 12.7. The number of hydrogen-bond donors (Lipinski definition) is 1. The van der Waals surface area contributed by atoms with Gasteiger partial charge in [-0.2, -0.15) is 5.10 Å². The predicted molar refractivity (Wildman–Crippen MR) is 101 cm³/mol. The summed E-state index contributed by atoms with van der Waals surface area (Å²) in [6, 6.07) is 13.1. The molecule has 0 aliphatic heterocycles. The molecule has 5 nitrogen and oxygen atoms in total.